The van der Waals surface area contributed by atoms with Gasteiger partial charge in [0.2, 0.25) is 0 Å². The summed E-state index contributed by atoms with van der Waals surface area (Å²) in [7, 11) is 0. The third-order valence-corrected chi connectivity index (χ3v) is 5.48. The van der Waals surface area contributed by atoms with E-state index < -0.39 is 17.9 Å². The average Bonchev–Trinajstić information content (AvgIpc) is 2.71. The van der Waals surface area contributed by atoms with Crippen LogP contribution in [0.3, 0.4) is 0 Å². The number of nitrogens with zero attached hydrogens (tertiary/aromatic N) is 1. The van der Waals surface area contributed by atoms with Gasteiger partial charge < -0.3 is 0 Å². The second-order valence-electron chi connectivity index (χ2n) is 6.38. The Morgan fingerprint density at radius 3 is 2.40 bits per heavy atom. The first-order valence-electron chi connectivity index (χ1n) is 9.51. The normalized spacial score (nSPS) is 17.0. The first-order chi connectivity index (χ1) is 14.3. The van der Waals surface area contributed by atoms with E-state index in [1.807, 2.05) is 30.5 Å². The van der Waals surface area contributed by atoms with Crippen LogP contribution in [0.1, 0.15) is 32.3 Å². The van der Waals surface area contributed by atoms with Gasteiger partial charge in [-0.05, 0) is 0 Å². The molecule has 2 rings (SSSR count). The summed E-state index contributed by atoms with van der Waals surface area (Å²) in [5.74, 6) is -1.62. The zero-order valence-electron chi connectivity index (χ0n) is 17.5. The Morgan fingerprint density at radius 2 is 1.83 bits per heavy atom. The molecule has 0 spiro atoms. The Kier molecular flexibility index (Phi) is 9.02. The summed E-state index contributed by atoms with van der Waals surface area (Å²) in [6.07, 6.45) is 1.97. The molecule has 0 bridgehead atoms. The molecule has 1 aromatic rings. The molecular formula is C21H27N3O4SSe. The van der Waals surface area contributed by atoms with Crippen molar-refractivity contribution in [2.45, 2.75) is 31.6 Å². The van der Waals surface area contributed by atoms with Crippen LogP contribution in [0.15, 0.2) is 56.7 Å². The molecule has 0 radical (unpaired) electrons. The Hall–Kier alpha value is -2.22. The Balaban J connectivity index is 2.74. The van der Waals surface area contributed by atoms with Crippen molar-refractivity contribution in [2.75, 3.05) is 26.0 Å². The van der Waals surface area contributed by atoms with Crippen LogP contribution in [0.25, 0.3) is 0 Å². The van der Waals surface area contributed by atoms with Crippen molar-refractivity contribution in [2.24, 2.45) is 10.7 Å². The molecule has 162 valence electrons. The number of carbonyl (C=O) groups is 2. The Bertz CT molecular complexity index is 907. The van der Waals surface area contributed by atoms with Crippen LogP contribution in [0.5, 0.6) is 0 Å². The molecule has 0 saturated heterocycles. The third-order valence-electron chi connectivity index (χ3n) is 4.46. The maximum atomic E-state index is 13.0. The third kappa shape index (κ3) is 5.68. The number of nitrogens with two attached hydrogens (primary N) is 1. The Labute approximate surface area is 189 Å². The van der Waals surface area contributed by atoms with E-state index in [-0.39, 0.29) is 19.8 Å². The summed E-state index contributed by atoms with van der Waals surface area (Å²) in [6, 6.07) is 7.75. The number of aliphatic imine (C=N–C) groups is 1. The quantitative estimate of drug-likeness (QED) is 0.187. The zero-order chi connectivity index (χ0) is 22.3. The Morgan fingerprint density at radius 1 is 1.20 bits per heavy atom. The molecule has 0 amide bonds. The van der Waals surface area contributed by atoms with Gasteiger partial charge in [-0.1, -0.05) is 0 Å². The van der Waals surface area contributed by atoms with Gasteiger partial charge in [-0.3, -0.25) is 0 Å². The van der Waals surface area contributed by atoms with Crippen molar-refractivity contribution in [1.82, 2.24) is 5.32 Å². The standard InChI is InChI=1S/C21H27N3O4SSe/c1-5-27-19(25)16-12(3)24-15(11-23-21(22)30)18(20(26)28-6-2)17(16)13-8-7-9-14(10-13)29-4/h7-10,17,24H,5-6,11H2,1-4H3,(H3,22,23,30). The molecule has 7 nitrogen and oxygen atoms in total. The molecule has 0 fully saturated rings. The SMILES string of the molecule is CCOC(=O)C1=C(C)NC(CN=C(N)[SeH])=C(C(=O)OCC)C1c1cccc(SC)c1. The molecule has 30 heavy (non-hydrogen) atoms. The van der Waals surface area contributed by atoms with Gasteiger partial charge in [-0.25, -0.2) is 0 Å². The minimum absolute atomic E-state index is 0.154. The second kappa shape index (κ2) is 11.2. The fraction of sp³-hybridized carbons (Fsp3) is 0.381. The van der Waals surface area contributed by atoms with E-state index >= 15 is 0 Å². The molecule has 1 aromatic carbocycles. The topological polar surface area (TPSA) is 103 Å². The molecule has 3 N–H and O–H groups in total. The average molecular weight is 496 g/mol. The molecule has 0 aliphatic carbocycles. The number of nitrogens with one attached hydrogen (secondary N) is 1. The minimum atomic E-state index is -0.644. The van der Waals surface area contributed by atoms with Gasteiger partial charge in [0, 0.05) is 0 Å². The van der Waals surface area contributed by atoms with Crippen LogP contribution in [0.4, 0.5) is 0 Å². The number of ether oxygens (including phenoxy) is 2. The second-order valence-corrected chi connectivity index (χ2v) is 8.22. The summed E-state index contributed by atoms with van der Waals surface area (Å²) < 4.78 is 11.0. The van der Waals surface area contributed by atoms with Crippen molar-refractivity contribution in [3.63, 3.8) is 0 Å². The zero-order valence-corrected chi connectivity index (χ0v) is 20.2. The van der Waals surface area contributed by atoms with Crippen LogP contribution in [0.2, 0.25) is 0 Å². The van der Waals surface area contributed by atoms with E-state index in [1.165, 1.54) is 0 Å². The van der Waals surface area contributed by atoms with Gasteiger partial charge in [-0.15, -0.1) is 0 Å². The predicted octanol–water partition coefficient (Wildman–Crippen LogP) is 1.97. The number of hydrogen-bond donors (Lipinski definition) is 2. The monoisotopic (exact) mass is 497 g/mol. The van der Waals surface area contributed by atoms with Gasteiger partial charge in [0.05, 0.1) is 0 Å². The van der Waals surface area contributed by atoms with Gasteiger partial charge in [0.1, 0.15) is 0 Å². The molecule has 0 aromatic heterocycles. The predicted molar refractivity (Wildman–Crippen MR) is 121 cm³/mol. The van der Waals surface area contributed by atoms with E-state index in [9.17, 15) is 9.59 Å². The molecule has 1 aliphatic heterocycles. The van der Waals surface area contributed by atoms with Crippen LogP contribution in [-0.4, -0.2) is 58.7 Å². The molecule has 1 atom stereocenters. The number of dihydropyridines is 1. The van der Waals surface area contributed by atoms with Crippen molar-refractivity contribution >= 4 is 44.4 Å². The van der Waals surface area contributed by atoms with E-state index in [2.05, 4.69) is 26.3 Å². The number of hydrogen-bond acceptors (Lipinski definition) is 7. The van der Waals surface area contributed by atoms with Gasteiger partial charge >= 0.3 is 190 Å². The van der Waals surface area contributed by atoms with Crippen molar-refractivity contribution < 1.29 is 19.1 Å². The first kappa shape index (κ1) is 24.1. The van der Waals surface area contributed by atoms with Gasteiger partial charge in [-0.2, -0.15) is 0 Å². The summed E-state index contributed by atoms with van der Waals surface area (Å²) >= 11 is 3.74. The van der Waals surface area contributed by atoms with Crippen LogP contribution in [0, 0.1) is 0 Å². The van der Waals surface area contributed by atoms with Crippen molar-refractivity contribution in [3.05, 3.63) is 52.4 Å². The number of esters is 2. The number of carbonyl (C=O) groups excluding carboxylic acids is 2. The van der Waals surface area contributed by atoms with Gasteiger partial charge in [0.25, 0.3) is 0 Å². The van der Waals surface area contributed by atoms with E-state index in [0.717, 1.165) is 10.5 Å². The van der Waals surface area contributed by atoms with Gasteiger partial charge in [0.15, 0.2) is 0 Å². The number of allylic oxidation sites excluding steroid dienone is 1. The number of rotatable bonds is 8. The van der Waals surface area contributed by atoms with Crippen molar-refractivity contribution in [3.8, 4) is 0 Å². The van der Waals surface area contributed by atoms with Crippen LogP contribution >= 0.6 is 11.8 Å². The number of benzene rings is 1. The molecule has 1 heterocycles. The summed E-state index contributed by atoms with van der Waals surface area (Å²) in [6.45, 7) is 5.87. The number of amidine groups is 1. The first-order valence-corrected chi connectivity index (χ1v) is 11.7. The van der Waals surface area contributed by atoms with E-state index in [4.69, 9.17) is 15.2 Å². The molecule has 0 saturated carbocycles. The maximum absolute atomic E-state index is 13.0. The molecule has 1 aliphatic rings. The van der Waals surface area contributed by atoms with E-state index in [1.54, 1.807) is 32.5 Å². The fourth-order valence-corrected chi connectivity index (χ4v) is 3.88. The number of thioether (sulfide) groups is 1. The molecule has 9 heteroatoms. The van der Waals surface area contributed by atoms with Crippen LogP contribution < -0.4 is 11.1 Å². The molecular weight excluding hydrogens is 469 g/mol. The van der Waals surface area contributed by atoms with Crippen LogP contribution in [-0.2, 0) is 19.1 Å². The van der Waals surface area contributed by atoms with Crippen molar-refractivity contribution in [1.29, 1.82) is 0 Å². The summed E-state index contributed by atoms with van der Waals surface area (Å²) in [5, 5.41) is 3.16. The summed E-state index contributed by atoms with van der Waals surface area (Å²) in [5.41, 5.74) is 8.36. The fourth-order valence-electron chi connectivity index (χ4n) is 3.26. The molecule has 1 unspecified atom stereocenters. The van der Waals surface area contributed by atoms with E-state index in [0.29, 0.717) is 27.3 Å². The summed E-state index contributed by atoms with van der Waals surface area (Å²) in [4.78, 5) is 31.2.